The van der Waals surface area contributed by atoms with Crippen molar-refractivity contribution in [1.29, 1.82) is 0 Å². The third kappa shape index (κ3) is 3.60. The molecule has 0 fully saturated rings. The molecule has 0 aliphatic rings. The molecule has 5 heavy (non-hydrogen) atoms. The molecular formula is C3H7NO. The Kier molecular flexibility index (Phi) is 1.73. The number of nitroso groups, excluding NO2 is 1. The van der Waals surface area contributed by atoms with Crippen molar-refractivity contribution in [3.63, 3.8) is 0 Å². The summed E-state index contributed by atoms with van der Waals surface area (Å²) < 4.78 is 0. The highest BCUT2D eigenvalue weighted by atomic mass is 16.3. The first-order chi connectivity index (χ1) is 2.27. The van der Waals surface area contributed by atoms with Crippen molar-refractivity contribution in [3.8, 4) is 0 Å². The van der Waals surface area contributed by atoms with Gasteiger partial charge >= 0.3 is 0 Å². The Morgan fingerprint density at radius 2 is 1.80 bits per heavy atom. The minimum Gasteiger partial charge on any atom is -0.151 e. The van der Waals surface area contributed by atoms with Gasteiger partial charge in [-0.25, -0.2) is 0 Å². The van der Waals surface area contributed by atoms with E-state index in [1.54, 1.807) is 13.8 Å². The molecule has 0 saturated heterocycles. The summed E-state index contributed by atoms with van der Waals surface area (Å²) in [6.07, 6.45) is 0. The van der Waals surface area contributed by atoms with Crippen molar-refractivity contribution in [3.05, 3.63) is 4.91 Å². The predicted octanol–water partition coefficient (Wildman–Crippen LogP) is 1.16. The van der Waals surface area contributed by atoms with Crippen molar-refractivity contribution in [2.75, 3.05) is 0 Å². The SMILES string of the molecule is CC(C)N=O. The van der Waals surface area contributed by atoms with Gasteiger partial charge in [0.1, 0.15) is 0 Å². The molecule has 0 aromatic rings. The van der Waals surface area contributed by atoms with E-state index in [4.69, 9.17) is 0 Å². The summed E-state index contributed by atoms with van der Waals surface area (Å²) >= 11 is 0. The van der Waals surface area contributed by atoms with Crippen molar-refractivity contribution in [2.24, 2.45) is 5.18 Å². The van der Waals surface area contributed by atoms with Crippen LogP contribution < -0.4 is 0 Å². The van der Waals surface area contributed by atoms with Gasteiger partial charge in [0.25, 0.3) is 0 Å². The fourth-order valence-corrected chi connectivity index (χ4v) is 0. The van der Waals surface area contributed by atoms with Gasteiger partial charge in [-0.05, 0) is 13.8 Å². The van der Waals surface area contributed by atoms with E-state index in [1.807, 2.05) is 0 Å². The second-order valence-corrected chi connectivity index (χ2v) is 1.20. The largest absolute Gasteiger partial charge is 0.151 e. The van der Waals surface area contributed by atoms with Gasteiger partial charge in [-0.2, -0.15) is 4.91 Å². The molecule has 2 heteroatoms. The van der Waals surface area contributed by atoms with Crippen LogP contribution in [0.5, 0.6) is 0 Å². The lowest BCUT2D eigenvalue weighted by Crippen LogP contribution is -1.81. The molecule has 0 heterocycles. The van der Waals surface area contributed by atoms with Crippen molar-refractivity contribution < 1.29 is 0 Å². The van der Waals surface area contributed by atoms with Crippen LogP contribution in [0, 0.1) is 4.91 Å². The Balaban J connectivity index is 2.83. The van der Waals surface area contributed by atoms with Crippen molar-refractivity contribution >= 4 is 0 Å². The first-order valence-corrected chi connectivity index (χ1v) is 1.60. The van der Waals surface area contributed by atoms with E-state index in [2.05, 4.69) is 5.18 Å². The van der Waals surface area contributed by atoms with Crippen LogP contribution >= 0.6 is 0 Å². The lowest BCUT2D eigenvalue weighted by molar-refractivity contribution is 0.827. The molecule has 0 unspecified atom stereocenters. The maximum Gasteiger partial charge on any atom is 0.0863 e. The highest BCUT2D eigenvalue weighted by Gasteiger charge is 1.80. The van der Waals surface area contributed by atoms with E-state index < -0.39 is 0 Å². The molecule has 0 radical (unpaired) electrons. The van der Waals surface area contributed by atoms with Crippen LogP contribution in [0.15, 0.2) is 5.18 Å². The number of rotatable bonds is 1. The fraction of sp³-hybridized carbons (Fsp3) is 1.00. The van der Waals surface area contributed by atoms with Crippen LogP contribution in [0.2, 0.25) is 0 Å². The zero-order valence-corrected chi connectivity index (χ0v) is 3.43. The molecule has 0 saturated carbocycles. The number of hydrogen-bond donors (Lipinski definition) is 0. The molecule has 0 N–H and O–H groups in total. The molecule has 2 nitrogen and oxygen atoms in total. The molecule has 0 rings (SSSR count). The van der Waals surface area contributed by atoms with Gasteiger partial charge in [-0.15, -0.1) is 0 Å². The monoisotopic (exact) mass is 73.1 g/mol. The average molecular weight is 73.1 g/mol. The summed E-state index contributed by atoms with van der Waals surface area (Å²) in [6.45, 7) is 3.49. The van der Waals surface area contributed by atoms with Crippen LogP contribution in [-0.4, -0.2) is 6.04 Å². The molecular weight excluding hydrogens is 66.0 g/mol. The van der Waals surface area contributed by atoms with E-state index in [1.165, 1.54) is 0 Å². The smallest absolute Gasteiger partial charge is 0.0863 e. The van der Waals surface area contributed by atoms with Gasteiger partial charge in [0.05, 0.1) is 6.04 Å². The van der Waals surface area contributed by atoms with Crippen LogP contribution in [0.25, 0.3) is 0 Å². The third-order valence-electron chi connectivity index (χ3n) is 0.211. The molecule has 0 aliphatic carbocycles. The minimum absolute atomic E-state index is 0.0463. The Morgan fingerprint density at radius 3 is 1.80 bits per heavy atom. The van der Waals surface area contributed by atoms with E-state index in [-0.39, 0.29) is 6.04 Å². The second kappa shape index (κ2) is 1.88. The normalized spacial score (nSPS) is 8.60. The van der Waals surface area contributed by atoms with Gasteiger partial charge < -0.3 is 0 Å². The molecule has 0 bridgehead atoms. The average Bonchev–Trinajstić information content (AvgIpc) is 1.38. The molecule has 0 aromatic carbocycles. The third-order valence-corrected chi connectivity index (χ3v) is 0.211. The van der Waals surface area contributed by atoms with Crippen LogP contribution in [0.3, 0.4) is 0 Å². The second-order valence-electron chi connectivity index (χ2n) is 1.20. The molecule has 30 valence electrons. The zero-order valence-electron chi connectivity index (χ0n) is 3.43. The number of nitrogens with zero attached hydrogens (tertiary/aromatic N) is 1. The Hall–Kier alpha value is -0.400. The minimum atomic E-state index is -0.0463. The molecule has 0 amide bonds. The van der Waals surface area contributed by atoms with Gasteiger partial charge in [0.15, 0.2) is 0 Å². The van der Waals surface area contributed by atoms with Gasteiger partial charge in [-0.1, -0.05) is 5.18 Å². The predicted molar refractivity (Wildman–Crippen MR) is 20.9 cm³/mol. The van der Waals surface area contributed by atoms with E-state index in [0.717, 1.165) is 0 Å². The van der Waals surface area contributed by atoms with E-state index in [9.17, 15) is 4.91 Å². The van der Waals surface area contributed by atoms with Crippen molar-refractivity contribution in [2.45, 2.75) is 19.9 Å². The summed E-state index contributed by atoms with van der Waals surface area (Å²) in [5.74, 6) is 0. The molecule has 0 spiro atoms. The maximum atomic E-state index is 9.25. The summed E-state index contributed by atoms with van der Waals surface area (Å²) in [5, 5.41) is 2.64. The van der Waals surface area contributed by atoms with Gasteiger partial charge in [-0.3, -0.25) is 0 Å². The van der Waals surface area contributed by atoms with Crippen LogP contribution in [-0.2, 0) is 0 Å². The lowest BCUT2D eigenvalue weighted by Gasteiger charge is -1.78. The van der Waals surface area contributed by atoms with Crippen LogP contribution in [0.4, 0.5) is 0 Å². The first kappa shape index (κ1) is 4.60. The quantitative estimate of drug-likeness (QED) is 0.428. The summed E-state index contributed by atoms with van der Waals surface area (Å²) in [7, 11) is 0. The Bertz CT molecular complexity index is 33.9. The lowest BCUT2D eigenvalue weighted by atomic mass is 10.4. The van der Waals surface area contributed by atoms with Crippen LogP contribution in [0.1, 0.15) is 13.8 Å². The van der Waals surface area contributed by atoms with E-state index >= 15 is 0 Å². The first-order valence-electron chi connectivity index (χ1n) is 1.60. The zero-order chi connectivity index (χ0) is 4.28. The number of hydrogen-bond acceptors (Lipinski definition) is 2. The highest BCUT2D eigenvalue weighted by Crippen LogP contribution is 1.78. The van der Waals surface area contributed by atoms with E-state index in [0.29, 0.717) is 0 Å². The van der Waals surface area contributed by atoms with Gasteiger partial charge in [0.2, 0.25) is 0 Å². The maximum absolute atomic E-state index is 9.25. The summed E-state index contributed by atoms with van der Waals surface area (Å²) in [6, 6.07) is -0.0463. The fourth-order valence-electron chi connectivity index (χ4n) is 0. The Labute approximate surface area is 31.2 Å². The standard InChI is InChI=1S/C3H7NO/c1-3(2)4-5/h3H,1-2H3. The molecule has 0 aliphatic heterocycles. The van der Waals surface area contributed by atoms with Crippen molar-refractivity contribution in [1.82, 2.24) is 0 Å². The molecule has 0 atom stereocenters. The topological polar surface area (TPSA) is 29.4 Å². The van der Waals surface area contributed by atoms with Gasteiger partial charge in [0, 0.05) is 0 Å². The summed E-state index contributed by atoms with van der Waals surface area (Å²) in [4.78, 5) is 9.25. The molecule has 0 aromatic heterocycles. The Morgan fingerprint density at radius 1 is 1.60 bits per heavy atom. The highest BCUT2D eigenvalue weighted by molar-refractivity contribution is 4.43. The summed E-state index contributed by atoms with van der Waals surface area (Å²) in [5.41, 5.74) is 0.